The van der Waals surface area contributed by atoms with E-state index in [0.29, 0.717) is 6.07 Å². The van der Waals surface area contributed by atoms with Crippen molar-refractivity contribution in [2.24, 2.45) is 0 Å². The van der Waals surface area contributed by atoms with Gasteiger partial charge in [0, 0.05) is 6.42 Å². The van der Waals surface area contributed by atoms with E-state index in [2.05, 4.69) is 4.98 Å². The van der Waals surface area contributed by atoms with Crippen molar-refractivity contribution in [2.75, 3.05) is 0 Å². The number of ether oxygens (including phenoxy) is 1. The zero-order valence-corrected chi connectivity index (χ0v) is 14.2. The SMILES string of the molecule is C[C@@]12O[C@@](C)(C[C@H]1O)c1c2c(O)n(-c2cnc(C#N)c(C(F)(F)F)c2)c1O. The lowest BCUT2D eigenvalue weighted by molar-refractivity contribution is -0.138. The van der Waals surface area contributed by atoms with Gasteiger partial charge in [0.15, 0.2) is 5.69 Å². The van der Waals surface area contributed by atoms with Crippen molar-refractivity contribution < 1.29 is 33.2 Å². The van der Waals surface area contributed by atoms with Gasteiger partial charge in [0.25, 0.3) is 0 Å². The number of alkyl halides is 3. The summed E-state index contributed by atoms with van der Waals surface area (Å²) in [6.45, 7) is 3.16. The number of fused-ring (bicyclic) bond motifs is 5. The lowest BCUT2D eigenvalue weighted by Crippen LogP contribution is -2.32. The van der Waals surface area contributed by atoms with E-state index in [1.54, 1.807) is 6.92 Å². The molecule has 2 aromatic rings. The van der Waals surface area contributed by atoms with E-state index in [0.717, 1.165) is 10.8 Å². The fourth-order valence-electron chi connectivity index (χ4n) is 4.16. The summed E-state index contributed by atoms with van der Waals surface area (Å²) in [5.74, 6) is -1.05. The zero-order valence-electron chi connectivity index (χ0n) is 14.2. The molecule has 27 heavy (non-hydrogen) atoms. The third-order valence-electron chi connectivity index (χ3n) is 5.34. The number of nitriles is 1. The highest BCUT2D eigenvalue weighted by atomic mass is 19.4. The smallest absolute Gasteiger partial charge is 0.419 e. The maximum absolute atomic E-state index is 13.2. The number of hydrogen-bond acceptors (Lipinski definition) is 6. The first-order valence-electron chi connectivity index (χ1n) is 7.97. The number of aromatic hydroxyl groups is 2. The van der Waals surface area contributed by atoms with E-state index in [4.69, 9.17) is 10.00 Å². The van der Waals surface area contributed by atoms with E-state index >= 15 is 0 Å². The molecule has 0 unspecified atom stereocenters. The van der Waals surface area contributed by atoms with Crippen molar-refractivity contribution in [2.45, 2.75) is 43.8 Å². The van der Waals surface area contributed by atoms with Crippen molar-refractivity contribution in [1.82, 2.24) is 9.55 Å². The van der Waals surface area contributed by atoms with Crippen LogP contribution >= 0.6 is 0 Å². The topological polar surface area (TPSA) is 112 Å². The minimum absolute atomic E-state index is 0.124. The molecule has 3 atom stereocenters. The standard InChI is InChI=1S/C17H14F3N3O4/c1-15-4-10(24)16(2,27-15)12-11(15)13(25)23(14(12)26)7-3-8(17(18,19)20)9(5-21)22-6-7/h3,6,10,24-26H,4H2,1-2H3/t10-,15+,16-/m1/s1. The van der Waals surface area contributed by atoms with Gasteiger partial charge in [-0.1, -0.05) is 0 Å². The predicted molar refractivity (Wildman–Crippen MR) is 83.0 cm³/mol. The predicted octanol–water partition coefficient (Wildman–Crippen LogP) is 2.40. The number of aliphatic hydroxyl groups excluding tert-OH is 1. The van der Waals surface area contributed by atoms with Gasteiger partial charge < -0.3 is 20.1 Å². The average Bonchev–Trinajstić information content (AvgIpc) is 3.07. The summed E-state index contributed by atoms with van der Waals surface area (Å²) >= 11 is 0. The van der Waals surface area contributed by atoms with Crippen LogP contribution in [0.5, 0.6) is 11.8 Å². The van der Waals surface area contributed by atoms with Gasteiger partial charge in [-0.15, -0.1) is 0 Å². The number of rotatable bonds is 1. The first kappa shape index (κ1) is 17.6. The van der Waals surface area contributed by atoms with Crippen LogP contribution in [0.4, 0.5) is 13.2 Å². The summed E-state index contributed by atoms with van der Waals surface area (Å²) in [5.41, 5.74) is -4.43. The summed E-state index contributed by atoms with van der Waals surface area (Å²) in [4.78, 5) is 3.50. The molecule has 0 spiro atoms. The molecule has 1 fully saturated rings. The molecule has 3 N–H and O–H groups in total. The molecule has 0 saturated carbocycles. The molecule has 1 saturated heterocycles. The van der Waals surface area contributed by atoms with Crippen LogP contribution in [0.3, 0.4) is 0 Å². The lowest BCUT2D eigenvalue weighted by atomic mass is 9.78. The molecule has 2 aromatic heterocycles. The van der Waals surface area contributed by atoms with Crippen LogP contribution in [-0.2, 0) is 22.1 Å². The number of hydrogen-bond donors (Lipinski definition) is 3. The van der Waals surface area contributed by atoms with E-state index in [-0.39, 0.29) is 23.2 Å². The normalized spacial score (nSPS) is 29.0. The Labute approximate surface area is 150 Å². The van der Waals surface area contributed by atoms with Crippen LogP contribution in [0.15, 0.2) is 12.3 Å². The minimum atomic E-state index is -4.84. The molecule has 2 aliphatic heterocycles. The third-order valence-corrected chi connectivity index (χ3v) is 5.34. The Morgan fingerprint density at radius 2 is 1.93 bits per heavy atom. The molecule has 0 radical (unpaired) electrons. The molecule has 142 valence electrons. The van der Waals surface area contributed by atoms with Gasteiger partial charge in [-0.3, -0.25) is 0 Å². The fourth-order valence-corrected chi connectivity index (χ4v) is 4.16. The Kier molecular flexibility index (Phi) is 3.22. The van der Waals surface area contributed by atoms with E-state index in [9.17, 15) is 28.5 Å². The maximum atomic E-state index is 13.2. The average molecular weight is 381 g/mol. The van der Waals surface area contributed by atoms with Gasteiger partial charge in [-0.2, -0.15) is 18.4 Å². The Morgan fingerprint density at radius 3 is 2.52 bits per heavy atom. The van der Waals surface area contributed by atoms with Crippen LogP contribution in [0.2, 0.25) is 0 Å². The van der Waals surface area contributed by atoms with Gasteiger partial charge in [0.05, 0.1) is 40.3 Å². The Morgan fingerprint density at radius 1 is 1.30 bits per heavy atom. The molecule has 2 bridgehead atoms. The van der Waals surface area contributed by atoms with Gasteiger partial charge in [0.2, 0.25) is 11.8 Å². The van der Waals surface area contributed by atoms with Crippen molar-refractivity contribution in [3.8, 4) is 23.5 Å². The second-order valence-electron chi connectivity index (χ2n) is 7.09. The van der Waals surface area contributed by atoms with Crippen LogP contribution in [0.25, 0.3) is 5.69 Å². The minimum Gasteiger partial charge on any atom is -0.494 e. The number of halogens is 3. The van der Waals surface area contributed by atoms with Crippen LogP contribution in [-0.4, -0.2) is 31.0 Å². The molecular formula is C17H14F3N3O4. The molecule has 4 heterocycles. The van der Waals surface area contributed by atoms with Gasteiger partial charge in [-0.25, -0.2) is 9.55 Å². The molecule has 0 aliphatic carbocycles. The van der Waals surface area contributed by atoms with Gasteiger partial charge >= 0.3 is 6.18 Å². The lowest BCUT2D eigenvalue weighted by Gasteiger charge is -2.25. The van der Waals surface area contributed by atoms with E-state index < -0.39 is 46.5 Å². The molecule has 0 aromatic carbocycles. The van der Waals surface area contributed by atoms with Crippen molar-refractivity contribution in [1.29, 1.82) is 5.26 Å². The van der Waals surface area contributed by atoms with Crippen molar-refractivity contribution in [3.63, 3.8) is 0 Å². The monoisotopic (exact) mass is 381 g/mol. The van der Waals surface area contributed by atoms with Crippen molar-refractivity contribution >= 4 is 0 Å². The van der Waals surface area contributed by atoms with Crippen LogP contribution in [0, 0.1) is 11.3 Å². The summed E-state index contributed by atoms with van der Waals surface area (Å²) in [5, 5.41) is 40.5. The molecule has 4 rings (SSSR count). The first-order chi connectivity index (χ1) is 12.4. The Hall–Kier alpha value is -2.77. The van der Waals surface area contributed by atoms with Gasteiger partial charge in [0.1, 0.15) is 11.7 Å². The second kappa shape index (κ2) is 4.94. The molecular weight excluding hydrogens is 367 g/mol. The highest BCUT2D eigenvalue weighted by Gasteiger charge is 2.64. The molecule has 0 amide bonds. The summed E-state index contributed by atoms with van der Waals surface area (Å²) < 4.78 is 46.3. The number of aromatic nitrogens is 2. The Bertz CT molecular complexity index is 1030. The fraction of sp³-hybridized carbons (Fsp3) is 0.412. The maximum Gasteiger partial charge on any atom is 0.419 e. The molecule has 7 nitrogen and oxygen atoms in total. The number of pyridine rings is 1. The quantitative estimate of drug-likeness (QED) is 0.700. The van der Waals surface area contributed by atoms with Crippen LogP contribution in [0.1, 0.15) is 42.7 Å². The highest BCUT2D eigenvalue weighted by molar-refractivity contribution is 5.61. The van der Waals surface area contributed by atoms with Crippen LogP contribution < -0.4 is 0 Å². The summed E-state index contributed by atoms with van der Waals surface area (Å²) in [6, 6.07) is 2.00. The summed E-state index contributed by atoms with van der Waals surface area (Å²) in [7, 11) is 0. The second-order valence-corrected chi connectivity index (χ2v) is 7.09. The first-order valence-corrected chi connectivity index (χ1v) is 7.97. The largest absolute Gasteiger partial charge is 0.494 e. The third kappa shape index (κ3) is 2.06. The number of nitrogens with zero attached hydrogens (tertiary/aromatic N) is 3. The van der Waals surface area contributed by atoms with E-state index in [1.165, 1.54) is 13.0 Å². The number of aliphatic hydroxyl groups is 1. The van der Waals surface area contributed by atoms with Gasteiger partial charge in [-0.05, 0) is 19.9 Å². The van der Waals surface area contributed by atoms with E-state index in [1.807, 2.05) is 0 Å². The summed E-state index contributed by atoms with van der Waals surface area (Å²) in [6.07, 6.45) is -4.69. The Balaban J connectivity index is 1.98. The van der Waals surface area contributed by atoms with Crippen molar-refractivity contribution in [3.05, 3.63) is 34.6 Å². The molecule has 2 aliphatic rings. The highest BCUT2D eigenvalue weighted by Crippen LogP contribution is 2.64. The molecule has 10 heteroatoms. The zero-order chi connectivity index (χ0) is 19.9.